The maximum Gasteiger partial charge on any atom is 0.0861 e. The lowest BCUT2D eigenvalue weighted by Gasteiger charge is -1.96. The first-order valence-electron chi connectivity index (χ1n) is 2.85. The van der Waals surface area contributed by atoms with Crippen LogP contribution in [0.5, 0.6) is 0 Å². The van der Waals surface area contributed by atoms with Crippen molar-refractivity contribution in [3.8, 4) is 0 Å². The van der Waals surface area contributed by atoms with Crippen molar-refractivity contribution >= 4 is 6.01 Å². The van der Waals surface area contributed by atoms with E-state index in [1.165, 1.54) is 0 Å². The fourth-order valence-electron chi connectivity index (χ4n) is 0.379. The van der Waals surface area contributed by atoms with Crippen LogP contribution in [-0.4, -0.2) is 12.6 Å². The second-order valence-electron chi connectivity index (χ2n) is 2.18. The molecule has 0 saturated heterocycles. The van der Waals surface area contributed by atoms with E-state index in [1.807, 2.05) is 6.01 Å². The minimum Gasteiger partial charge on any atom is -0.242 e. The van der Waals surface area contributed by atoms with Gasteiger partial charge in [-0.1, -0.05) is 13.8 Å². The third kappa shape index (κ3) is 5.38. The molecule has 8 heavy (non-hydrogen) atoms. The van der Waals surface area contributed by atoms with Crippen LogP contribution in [0.4, 0.5) is 0 Å². The quantitative estimate of drug-likeness (QED) is 0.540. The van der Waals surface area contributed by atoms with Gasteiger partial charge in [0, 0.05) is 0 Å². The second kappa shape index (κ2) is 4.54. The van der Waals surface area contributed by atoms with E-state index in [0.29, 0.717) is 5.92 Å². The van der Waals surface area contributed by atoms with E-state index >= 15 is 0 Å². The molecule has 46 valence electrons. The predicted molar refractivity (Wildman–Crippen MR) is 34.5 cm³/mol. The molecular formula is C6H12N2. The van der Waals surface area contributed by atoms with Crippen molar-refractivity contribution in [3.63, 3.8) is 0 Å². The molecule has 0 aliphatic rings. The fourth-order valence-corrected chi connectivity index (χ4v) is 0.379. The van der Waals surface area contributed by atoms with E-state index in [2.05, 4.69) is 18.8 Å². The van der Waals surface area contributed by atoms with Crippen molar-refractivity contribution in [2.75, 3.05) is 6.54 Å². The highest BCUT2D eigenvalue weighted by atomic mass is 14.7. The zero-order valence-corrected chi connectivity index (χ0v) is 5.44. The standard InChI is InChI=1S/C6H12N2/c1-6(2)3-4-8-5-7/h6-7H,3-4H2,1-2H3. The molecule has 2 heteroatoms. The summed E-state index contributed by atoms with van der Waals surface area (Å²) in [5.74, 6) is 0.687. The Balaban J connectivity index is 3.05. The lowest BCUT2D eigenvalue weighted by molar-refractivity contribution is 0.597. The third-order valence-electron chi connectivity index (χ3n) is 0.897. The summed E-state index contributed by atoms with van der Waals surface area (Å²) in [5, 5.41) is 6.43. The average Bonchev–Trinajstić information content (AvgIpc) is 1.66. The highest BCUT2D eigenvalue weighted by Gasteiger charge is 1.88. The minimum absolute atomic E-state index is 0.687. The van der Waals surface area contributed by atoms with Gasteiger partial charge in [0.05, 0.1) is 12.6 Å². The van der Waals surface area contributed by atoms with Crippen LogP contribution in [-0.2, 0) is 0 Å². The van der Waals surface area contributed by atoms with Crippen molar-refractivity contribution in [2.45, 2.75) is 20.3 Å². The van der Waals surface area contributed by atoms with Gasteiger partial charge in [0.15, 0.2) is 0 Å². The average molecular weight is 112 g/mol. The van der Waals surface area contributed by atoms with Gasteiger partial charge in [-0.15, -0.1) is 0 Å². The molecule has 0 amide bonds. The Kier molecular flexibility index (Phi) is 4.19. The summed E-state index contributed by atoms with van der Waals surface area (Å²) in [6.45, 7) is 5.03. The van der Waals surface area contributed by atoms with Crippen molar-refractivity contribution in [1.29, 1.82) is 5.41 Å². The van der Waals surface area contributed by atoms with E-state index in [4.69, 9.17) is 5.41 Å². The van der Waals surface area contributed by atoms with Crippen LogP contribution in [0.3, 0.4) is 0 Å². The topological polar surface area (TPSA) is 36.2 Å². The summed E-state index contributed by atoms with van der Waals surface area (Å²) >= 11 is 0. The molecule has 0 unspecified atom stereocenters. The van der Waals surface area contributed by atoms with Crippen molar-refractivity contribution in [1.82, 2.24) is 0 Å². The zero-order chi connectivity index (χ0) is 6.41. The van der Waals surface area contributed by atoms with Gasteiger partial charge in [-0.05, 0) is 12.3 Å². The van der Waals surface area contributed by atoms with E-state index in [-0.39, 0.29) is 0 Å². The Bertz CT molecular complexity index is 90.7. The summed E-state index contributed by atoms with van der Waals surface area (Å²) in [5.41, 5.74) is 0. The van der Waals surface area contributed by atoms with Gasteiger partial charge in [0.2, 0.25) is 0 Å². The summed E-state index contributed by atoms with van der Waals surface area (Å²) < 4.78 is 0. The number of nitrogens with one attached hydrogen (secondary N) is 1. The zero-order valence-electron chi connectivity index (χ0n) is 5.44. The predicted octanol–water partition coefficient (Wildman–Crippen LogP) is 1.79. The molecule has 0 fully saturated rings. The van der Waals surface area contributed by atoms with E-state index in [9.17, 15) is 0 Å². The van der Waals surface area contributed by atoms with Gasteiger partial charge in [-0.2, -0.15) is 0 Å². The molecule has 0 aliphatic heterocycles. The van der Waals surface area contributed by atoms with Crippen molar-refractivity contribution in [2.24, 2.45) is 10.9 Å². The third-order valence-corrected chi connectivity index (χ3v) is 0.897. The van der Waals surface area contributed by atoms with Crippen LogP contribution < -0.4 is 0 Å². The molecule has 0 atom stereocenters. The number of hydrogen-bond donors (Lipinski definition) is 1. The lowest BCUT2D eigenvalue weighted by atomic mass is 10.1. The highest BCUT2D eigenvalue weighted by Crippen LogP contribution is 1.97. The van der Waals surface area contributed by atoms with Gasteiger partial charge in [-0.25, -0.2) is 10.4 Å². The normalized spacial score (nSPS) is 8.88. The van der Waals surface area contributed by atoms with E-state index in [1.54, 1.807) is 0 Å². The first-order chi connectivity index (χ1) is 3.77. The van der Waals surface area contributed by atoms with Crippen LogP contribution in [0, 0.1) is 11.3 Å². The van der Waals surface area contributed by atoms with E-state index < -0.39 is 0 Å². The Labute approximate surface area is 50.1 Å². The molecule has 2 nitrogen and oxygen atoms in total. The SMILES string of the molecule is CC(C)CCN=C=N. The lowest BCUT2D eigenvalue weighted by Crippen LogP contribution is -1.88. The Morgan fingerprint density at radius 1 is 1.62 bits per heavy atom. The maximum absolute atomic E-state index is 6.43. The van der Waals surface area contributed by atoms with Crippen LogP contribution in [0.1, 0.15) is 20.3 Å². The largest absolute Gasteiger partial charge is 0.242 e. The minimum atomic E-state index is 0.687. The summed E-state index contributed by atoms with van der Waals surface area (Å²) in [7, 11) is 0. The molecule has 0 heterocycles. The summed E-state index contributed by atoms with van der Waals surface area (Å²) in [4.78, 5) is 3.63. The number of hydrogen-bond acceptors (Lipinski definition) is 2. The van der Waals surface area contributed by atoms with Gasteiger partial charge in [0.25, 0.3) is 0 Å². The highest BCUT2D eigenvalue weighted by molar-refractivity contribution is 5.35. The Morgan fingerprint density at radius 2 is 2.25 bits per heavy atom. The number of rotatable bonds is 3. The number of nitrogens with zero attached hydrogens (tertiary/aromatic N) is 1. The molecule has 0 saturated carbocycles. The van der Waals surface area contributed by atoms with Crippen molar-refractivity contribution < 1.29 is 0 Å². The summed E-state index contributed by atoms with van der Waals surface area (Å²) in [6.07, 6.45) is 1.06. The molecule has 0 spiro atoms. The molecule has 0 rings (SSSR count). The number of aliphatic imine (C=N–C) groups is 1. The molecule has 0 radical (unpaired) electrons. The maximum atomic E-state index is 6.43. The molecular weight excluding hydrogens is 100 g/mol. The molecule has 1 N–H and O–H groups in total. The molecule has 0 aliphatic carbocycles. The molecule has 0 aromatic heterocycles. The second-order valence-corrected chi connectivity index (χ2v) is 2.18. The van der Waals surface area contributed by atoms with Gasteiger partial charge in [0.1, 0.15) is 0 Å². The van der Waals surface area contributed by atoms with Crippen molar-refractivity contribution in [3.05, 3.63) is 0 Å². The Morgan fingerprint density at radius 3 is 2.62 bits per heavy atom. The van der Waals surface area contributed by atoms with Crippen LogP contribution in [0.2, 0.25) is 0 Å². The van der Waals surface area contributed by atoms with Gasteiger partial charge < -0.3 is 0 Å². The smallest absolute Gasteiger partial charge is 0.0861 e. The molecule has 0 aromatic carbocycles. The molecule has 0 bridgehead atoms. The van der Waals surface area contributed by atoms with Gasteiger partial charge >= 0.3 is 0 Å². The Hall–Kier alpha value is -0.620. The van der Waals surface area contributed by atoms with Crippen LogP contribution in [0.25, 0.3) is 0 Å². The summed E-state index contributed by atoms with van der Waals surface area (Å²) in [6, 6.07) is 2.00. The van der Waals surface area contributed by atoms with Crippen LogP contribution in [0.15, 0.2) is 4.99 Å². The van der Waals surface area contributed by atoms with Gasteiger partial charge in [-0.3, -0.25) is 0 Å². The first kappa shape index (κ1) is 7.38. The fraction of sp³-hybridized carbons (Fsp3) is 0.833. The van der Waals surface area contributed by atoms with E-state index in [0.717, 1.165) is 13.0 Å². The van der Waals surface area contributed by atoms with Crippen LogP contribution >= 0.6 is 0 Å². The first-order valence-corrected chi connectivity index (χ1v) is 2.85. The monoisotopic (exact) mass is 112 g/mol. The molecule has 0 aromatic rings.